The van der Waals surface area contributed by atoms with Gasteiger partial charge in [0.2, 0.25) is 0 Å². The van der Waals surface area contributed by atoms with Crippen LogP contribution in [0.5, 0.6) is 5.75 Å². The summed E-state index contributed by atoms with van der Waals surface area (Å²) in [5.41, 5.74) is 3.44. The number of phenols is 1. The summed E-state index contributed by atoms with van der Waals surface area (Å²) in [4.78, 5) is 9.37. The van der Waals surface area contributed by atoms with Gasteiger partial charge in [-0.25, -0.2) is 0 Å². The van der Waals surface area contributed by atoms with Gasteiger partial charge in [0.15, 0.2) is 0 Å². The van der Waals surface area contributed by atoms with Crippen molar-refractivity contribution in [1.82, 2.24) is 9.97 Å². The standard InChI is InChI=1S/C16H17N3O2S/c1-19(2)15-6-4-3-5-11(15)10-22(21)16-17-13-8-7-12(20)9-14(13)18-16/h3-9,20H,10H2,1-2H3,(H,17,18). The maximum atomic E-state index is 12.6. The van der Waals surface area contributed by atoms with Crippen molar-refractivity contribution in [2.45, 2.75) is 10.9 Å². The molecule has 0 aliphatic heterocycles. The van der Waals surface area contributed by atoms with E-state index in [2.05, 4.69) is 9.97 Å². The molecule has 2 aromatic carbocycles. The van der Waals surface area contributed by atoms with Gasteiger partial charge in [-0.15, -0.1) is 0 Å². The van der Waals surface area contributed by atoms with Crippen LogP contribution in [0.25, 0.3) is 11.0 Å². The van der Waals surface area contributed by atoms with Crippen LogP contribution in [0.3, 0.4) is 0 Å². The number of fused-ring (bicyclic) bond motifs is 1. The highest BCUT2D eigenvalue weighted by atomic mass is 32.2. The number of nitrogens with one attached hydrogen (secondary N) is 1. The highest BCUT2D eigenvalue weighted by molar-refractivity contribution is 7.90. The molecule has 0 saturated carbocycles. The van der Waals surface area contributed by atoms with Crippen molar-refractivity contribution in [2.75, 3.05) is 19.0 Å². The van der Waals surface area contributed by atoms with E-state index < -0.39 is 11.2 Å². The molecule has 1 heterocycles. The summed E-state index contributed by atoms with van der Waals surface area (Å²) in [5.74, 6) is 0.537. The summed E-state index contributed by atoms with van der Waals surface area (Å²) in [7, 11) is 3.93. The zero-order valence-electron chi connectivity index (χ0n) is 12.4. The maximum Gasteiger partial charge on any atom is 0.321 e. The molecule has 5 nitrogen and oxygen atoms in total. The first-order chi connectivity index (χ1) is 10.5. The van der Waals surface area contributed by atoms with Crippen LogP contribution in [-0.2, 0) is 16.9 Å². The Morgan fingerprint density at radius 1 is 1.23 bits per heavy atom. The van der Waals surface area contributed by atoms with Gasteiger partial charge in [0.05, 0.1) is 11.0 Å². The van der Waals surface area contributed by atoms with Crippen LogP contribution in [0.2, 0.25) is 0 Å². The van der Waals surface area contributed by atoms with Crippen LogP contribution in [0, 0.1) is 0 Å². The number of aromatic nitrogens is 2. The van der Waals surface area contributed by atoms with Gasteiger partial charge < -0.3 is 14.6 Å². The molecule has 1 aromatic heterocycles. The highest BCUT2D eigenvalue weighted by Crippen LogP contribution is 2.25. The molecule has 0 radical (unpaired) electrons. The lowest BCUT2D eigenvalue weighted by Gasteiger charge is -2.17. The van der Waals surface area contributed by atoms with Gasteiger partial charge in [-0.05, 0) is 18.2 Å². The van der Waals surface area contributed by atoms with Crippen LogP contribution < -0.4 is 4.90 Å². The molecule has 22 heavy (non-hydrogen) atoms. The lowest BCUT2D eigenvalue weighted by Crippen LogP contribution is -2.14. The normalized spacial score (nSPS) is 12.5. The van der Waals surface area contributed by atoms with Crippen LogP contribution in [0.4, 0.5) is 5.69 Å². The number of aromatic hydroxyl groups is 1. The molecule has 0 aliphatic rings. The lowest BCUT2D eigenvalue weighted by molar-refractivity contribution is 0.476. The van der Waals surface area contributed by atoms with Crippen molar-refractivity contribution in [2.24, 2.45) is 0 Å². The van der Waals surface area contributed by atoms with E-state index in [9.17, 15) is 9.66 Å². The summed E-state index contributed by atoms with van der Waals surface area (Å²) < 4.78 is 12.6. The van der Waals surface area contributed by atoms with Gasteiger partial charge in [0, 0.05) is 42.6 Å². The van der Waals surface area contributed by atoms with Gasteiger partial charge in [0.25, 0.3) is 0 Å². The molecule has 0 bridgehead atoms. The second-order valence-corrected chi connectivity index (χ2v) is 6.62. The summed E-state index contributed by atoms with van der Waals surface area (Å²) >= 11 is -1.28. The Balaban J connectivity index is 1.88. The number of imidazole rings is 1. The Morgan fingerprint density at radius 2 is 2.00 bits per heavy atom. The molecule has 1 unspecified atom stereocenters. The fourth-order valence-electron chi connectivity index (χ4n) is 2.36. The molecule has 0 saturated heterocycles. The third-order valence-corrected chi connectivity index (χ3v) is 4.62. The van der Waals surface area contributed by atoms with Crippen LogP contribution >= 0.6 is 0 Å². The van der Waals surface area contributed by atoms with Crippen molar-refractivity contribution in [1.29, 1.82) is 0 Å². The van der Waals surface area contributed by atoms with Crippen molar-refractivity contribution >= 4 is 27.9 Å². The summed E-state index contributed by atoms with van der Waals surface area (Å²) in [6.07, 6.45) is 0. The first-order valence-electron chi connectivity index (χ1n) is 6.87. The monoisotopic (exact) mass is 315 g/mol. The minimum Gasteiger partial charge on any atom is -0.609 e. The Morgan fingerprint density at radius 3 is 2.77 bits per heavy atom. The molecule has 0 spiro atoms. The average Bonchev–Trinajstić information content (AvgIpc) is 2.90. The molecule has 2 N–H and O–H groups in total. The van der Waals surface area contributed by atoms with Crippen molar-refractivity contribution in [3.05, 3.63) is 48.0 Å². The van der Waals surface area contributed by atoms with E-state index in [0.29, 0.717) is 16.4 Å². The average molecular weight is 315 g/mol. The number of hydrogen-bond donors (Lipinski definition) is 2. The fraction of sp³-hybridized carbons (Fsp3) is 0.188. The number of anilines is 1. The van der Waals surface area contributed by atoms with Gasteiger partial charge in [-0.3, -0.25) is 4.98 Å². The van der Waals surface area contributed by atoms with Crippen LogP contribution in [0.15, 0.2) is 47.6 Å². The minimum absolute atomic E-state index is 0.147. The van der Waals surface area contributed by atoms with E-state index in [-0.39, 0.29) is 5.75 Å². The third kappa shape index (κ3) is 2.88. The first-order valence-corrected chi connectivity index (χ1v) is 8.19. The summed E-state index contributed by atoms with van der Waals surface area (Å²) in [6, 6.07) is 12.7. The van der Waals surface area contributed by atoms with Gasteiger partial charge in [-0.1, -0.05) is 18.2 Å². The molecule has 0 fully saturated rings. The SMILES string of the molecule is CN(C)c1ccccc1C[S+]([O-])c1nc2cc(O)ccc2[nH]1. The zero-order chi connectivity index (χ0) is 15.7. The van der Waals surface area contributed by atoms with Crippen molar-refractivity contribution in [3.8, 4) is 5.75 Å². The predicted molar refractivity (Wildman–Crippen MR) is 88.6 cm³/mol. The smallest absolute Gasteiger partial charge is 0.321 e. The maximum absolute atomic E-state index is 12.6. The number of rotatable bonds is 4. The first kappa shape index (κ1) is 14.7. The van der Waals surface area contributed by atoms with Crippen molar-refractivity contribution < 1.29 is 9.66 Å². The van der Waals surface area contributed by atoms with E-state index in [1.54, 1.807) is 18.2 Å². The molecule has 0 amide bonds. The number of para-hydroxylation sites is 1. The van der Waals surface area contributed by atoms with E-state index in [1.165, 1.54) is 0 Å². The number of benzene rings is 2. The van der Waals surface area contributed by atoms with E-state index >= 15 is 0 Å². The van der Waals surface area contributed by atoms with Gasteiger partial charge in [-0.2, -0.15) is 4.98 Å². The molecular formula is C16H17N3O2S. The topological polar surface area (TPSA) is 75.2 Å². The molecule has 3 aromatic rings. The minimum atomic E-state index is -1.28. The van der Waals surface area contributed by atoms with Crippen LogP contribution in [-0.4, -0.2) is 33.7 Å². The Bertz CT molecular complexity index is 801. The molecule has 3 rings (SSSR count). The Hall–Kier alpha value is -2.18. The fourth-order valence-corrected chi connectivity index (χ4v) is 3.44. The zero-order valence-corrected chi connectivity index (χ0v) is 13.2. The number of hydrogen-bond acceptors (Lipinski definition) is 4. The quantitative estimate of drug-likeness (QED) is 0.726. The van der Waals surface area contributed by atoms with Gasteiger partial charge in [0.1, 0.15) is 11.5 Å². The molecule has 114 valence electrons. The second-order valence-electron chi connectivity index (χ2n) is 5.26. The molecule has 6 heteroatoms. The Kier molecular flexibility index (Phi) is 3.96. The predicted octanol–water partition coefficient (Wildman–Crippen LogP) is 2.64. The number of nitrogens with zero attached hydrogens (tertiary/aromatic N) is 2. The van der Waals surface area contributed by atoms with E-state index in [4.69, 9.17) is 0 Å². The Labute approximate surface area is 131 Å². The highest BCUT2D eigenvalue weighted by Gasteiger charge is 2.19. The number of aromatic amines is 1. The summed E-state index contributed by atoms with van der Waals surface area (Å²) in [5, 5.41) is 9.90. The largest absolute Gasteiger partial charge is 0.609 e. The molecular weight excluding hydrogens is 298 g/mol. The number of phenolic OH excluding ortho intramolecular Hbond substituents is 1. The second kappa shape index (κ2) is 5.90. The third-order valence-electron chi connectivity index (χ3n) is 3.42. The van der Waals surface area contributed by atoms with Crippen molar-refractivity contribution in [3.63, 3.8) is 0 Å². The van der Waals surface area contributed by atoms with Gasteiger partial charge >= 0.3 is 5.16 Å². The lowest BCUT2D eigenvalue weighted by atomic mass is 10.2. The summed E-state index contributed by atoms with van der Waals surface area (Å²) in [6.45, 7) is 0. The van der Waals surface area contributed by atoms with E-state index in [0.717, 1.165) is 16.8 Å². The molecule has 1 atom stereocenters. The van der Waals surface area contributed by atoms with Crippen LogP contribution in [0.1, 0.15) is 5.56 Å². The number of H-pyrrole nitrogens is 1. The van der Waals surface area contributed by atoms with E-state index in [1.807, 2.05) is 43.3 Å². The molecule has 0 aliphatic carbocycles.